The second kappa shape index (κ2) is 10.3. The van der Waals surface area contributed by atoms with Crippen molar-refractivity contribution < 1.29 is 19.7 Å². The minimum atomic E-state index is -1.00. The summed E-state index contributed by atoms with van der Waals surface area (Å²) < 4.78 is 4.84. The van der Waals surface area contributed by atoms with Gasteiger partial charge < -0.3 is 14.9 Å². The molecule has 0 heterocycles. The molecule has 0 aromatic heterocycles. The van der Waals surface area contributed by atoms with Gasteiger partial charge in [0.25, 0.3) is 0 Å². The number of ether oxygens (including phenoxy) is 1. The Morgan fingerprint density at radius 3 is 2.41 bits per heavy atom. The third-order valence-corrected chi connectivity index (χ3v) is 2.61. The van der Waals surface area contributed by atoms with Crippen molar-refractivity contribution in [3.05, 3.63) is 11.6 Å². The lowest BCUT2D eigenvalue weighted by Crippen LogP contribution is -2.18. The predicted octanol–water partition coefficient (Wildman–Crippen LogP) is 2.15. The highest BCUT2D eigenvalue weighted by molar-refractivity contribution is 5.87. The van der Waals surface area contributed by atoms with Gasteiger partial charge in [-0.15, -0.1) is 0 Å². The van der Waals surface area contributed by atoms with Gasteiger partial charge in [-0.05, 0) is 26.7 Å². The Bertz CT molecular complexity index is 236. The summed E-state index contributed by atoms with van der Waals surface area (Å²) in [6.45, 7) is 3.65. The normalized spacial score (nSPS) is 13.5. The van der Waals surface area contributed by atoms with Gasteiger partial charge in [0.15, 0.2) is 0 Å². The van der Waals surface area contributed by atoms with Gasteiger partial charge in [-0.1, -0.05) is 25.3 Å². The van der Waals surface area contributed by atoms with E-state index in [1.165, 1.54) is 0 Å². The first-order chi connectivity index (χ1) is 8.11. The molecule has 0 aliphatic rings. The Labute approximate surface area is 103 Å². The van der Waals surface area contributed by atoms with E-state index in [0.29, 0.717) is 12.0 Å². The summed E-state index contributed by atoms with van der Waals surface area (Å²) in [7, 11) is 0. The van der Waals surface area contributed by atoms with E-state index in [9.17, 15) is 9.90 Å². The van der Waals surface area contributed by atoms with Gasteiger partial charge in [0.2, 0.25) is 6.29 Å². The molecule has 0 rings (SSSR count). The number of unbranched alkanes of at least 4 members (excludes halogenated alkanes) is 4. The van der Waals surface area contributed by atoms with E-state index >= 15 is 0 Å². The molecular weight excluding hydrogens is 220 g/mol. The number of carbonyl (C=O) groups is 1. The molecular formula is C13H24O4. The predicted molar refractivity (Wildman–Crippen MR) is 66.3 cm³/mol. The number of rotatable bonds is 9. The minimum absolute atomic E-state index is 0.239. The van der Waals surface area contributed by atoms with Crippen molar-refractivity contribution in [2.75, 3.05) is 6.61 Å². The SMILES string of the molecule is CC=C(C)C(=O)OC(O)CCCCCCCO. The summed E-state index contributed by atoms with van der Waals surface area (Å²) in [5, 5.41) is 18.0. The maximum atomic E-state index is 11.3. The summed E-state index contributed by atoms with van der Waals surface area (Å²) in [6.07, 6.45) is 5.81. The lowest BCUT2D eigenvalue weighted by Gasteiger charge is -2.11. The maximum Gasteiger partial charge on any atom is 0.335 e. The van der Waals surface area contributed by atoms with Crippen LogP contribution in [0.25, 0.3) is 0 Å². The Morgan fingerprint density at radius 1 is 1.24 bits per heavy atom. The Morgan fingerprint density at radius 2 is 1.82 bits per heavy atom. The highest BCUT2D eigenvalue weighted by Crippen LogP contribution is 2.09. The molecule has 0 fully saturated rings. The lowest BCUT2D eigenvalue weighted by atomic mass is 10.1. The molecule has 0 saturated carbocycles. The van der Waals surface area contributed by atoms with Gasteiger partial charge >= 0.3 is 5.97 Å². The number of aliphatic hydroxyl groups is 2. The Hall–Kier alpha value is -0.870. The van der Waals surface area contributed by atoms with Crippen LogP contribution in [0.4, 0.5) is 0 Å². The summed E-state index contributed by atoms with van der Waals surface area (Å²) in [4.78, 5) is 11.3. The molecule has 4 heteroatoms. The van der Waals surface area contributed by atoms with Crippen molar-refractivity contribution in [3.8, 4) is 0 Å². The average molecular weight is 244 g/mol. The molecule has 100 valence electrons. The fourth-order valence-corrected chi connectivity index (χ4v) is 1.35. The van der Waals surface area contributed by atoms with Gasteiger partial charge in [0.05, 0.1) is 0 Å². The quantitative estimate of drug-likeness (QED) is 0.282. The van der Waals surface area contributed by atoms with Crippen LogP contribution in [0.3, 0.4) is 0 Å². The number of aliphatic hydroxyl groups excluding tert-OH is 2. The lowest BCUT2D eigenvalue weighted by molar-refractivity contribution is -0.163. The van der Waals surface area contributed by atoms with Crippen LogP contribution in [0.15, 0.2) is 11.6 Å². The van der Waals surface area contributed by atoms with Crippen LogP contribution < -0.4 is 0 Å². The van der Waals surface area contributed by atoms with E-state index in [1.54, 1.807) is 19.9 Å². The smallest absolute Gasteiger partial charge is 0.335 e. The Kier molecular flexibility index (Phi) is 9.77. The van der Waals surface area contributed by atoms with Gasteiger partial charge in [0.1, 0.15) is 0 Å². The zero-order valence-corrected chi connectivity index (χ0v) is 10.8. The fraction of sp³-hybridized carbons (Fsp3) is 0.769. The molecule has 1 unspecified atom stereocenters. The maximum absolute atomic E-state index is 11.3. The molecule has 0 bridgehead atoms. The number of carbonyl (C=O) groups excluding carboxylic acids is 1. The van der Waals surface area contributed by atoms with Crippen molar-refractivity contribution in [1.29, 1.82) is 0 Å². The largest absolute Gasteiger partial charge is 0.433 e. The highest BCUT2D eigenvalue weighted by Gasteiger charge is 2.11. The van der Waals surface area contributed by atoms with Crippen molar-refractivity contribution in [2.45, 2.75) is 58.7 Å². The van der Waals surface area contributed by atoms with Crippen LogP contribution in [-0.4, -0.2) is 29.1 Å². The molecule has 0 aromatic rings. The summed E-state index contributed by atoms with van der Waals surface area (Å²) >= 11 is 0. The summed E-state index contributed by atoms with van der Waals surface area (Å²) in [5.74, 6) is -0.458. The van der Waals surface area contributed by atoms with Crippen molar-refractivity contribution in [3.63, 3.8) is 0 Å². The van der Waals surface area contributed by atoms with Crippen LogP contribution in [-0.2, 0) is 9.53 Å². The first kappa shape index (κ1) is 16.1. The van der Waals surface area contributed by atoms with Gasteiger partial charge in [-0.25, -0.2) is 4.79 Å². The van der Waals surface area contributed by atoms with E-state index in [2.05, 4.69) is 0 Å². The highest BCUT2D eigenvalue weighted by atomic mass is 16.6. The molecule has 4 nitrogen and oxygen atoms in total. The van der Waals surface area contributed by atoms with E-state index in [1.807, 2.05) is 0 Å². The topological polar surface area (TPSA) is 66.8 Å². The second-order valence-electron chi connectivity index (χ2n) is 4.11. The molecule has 1 atom stereocenters. The minimum Gasteiger partial charge on any atom is -0.433 e. The average Bonchev–Trinajstić information content (AvgIpc) is 2.32. The number of allylic oxidation sites excluding steroid dienone is 1. The van der Waals surface area contributed by atoms with Crippen LogP contribution in [0.2, 0.25) is 0 Å². The standard InChI is InChI=1S/C13H24O4/c1-3-11(2)13(16)17-12(15)9-7-5-4-6-8-10-14/h3,12,14-15H,4-10H2,1-2H3. The zero-order valence-electron chi connectivity index (χ0n) is 10.8. The molecule has 0 aromatic carbocycles. The summed E-state index contributed by atoms with van der Waals surface area (Å²) in [6, 6.07) is 0. The molecule has 0 amide bonds. The van der Waals surface area contributed by atoms with E-state index in [4.69, 9.17) is 9.84 Å². The van der Waals surface area contributed by atoms with E-state index in [0.717, 1.165) is 32.1 Å². The molecule has 0 radical (unpaired) electrons. The van der Waals surface area contributed by atoms with Crippen molar-refractivity contribution in [2.24, 2.45) is 0 Å². The fourth-order valence-electron chi connectivity index (χ4n) is 1.35. The molecule has 0 aliphatic carbocycles. The first-order valence-corrected chi connectivity index (χ1v) is 6.24. The van der Waals surface area contributed by atoms with Crippen LogP contribution in [0, 0.1) is 0 Å². The Balaban J connectivity index is 3.53. The van der Waals surface area contributed by atoms with E-state index < -0.39 is 12.3 Å². The number of hydrogen-bond acceptors (Lipinski definition) is 4. The van der Waals surface area contributed by atoms with Gasteiger partial charge in [0, 0.05) is 18.6 Å². The number of esters is 1. The van der Waals surface area contributed by atoms with Gasteiger partial charge in [-0.2, -0.15) is 0 Å². The zero-order chi connectivity index (χ0) is 13.1. The third-order valence-electron chi connectivity index (χ3n) is 2.61. The van der Waals surface area contributed by atoms with Crippen LogP contribution >= 0.6 is 0 Å². The molecule has 2 N–H and O–H groups in total. The molecule has 0 aliphatic heterocycles. The van der Waals surface area contributed by atoms with Crippen LogP contribution in [0.1, 0.15) is 52.4 Å². The van der Waals surface area contributed by atoms with Crippen LogP contribution in [0.5, 0.6) is 0 Å². The molecule has 0 saturated heterocycles. The van der Waals surface area contributed by atoms with Gasteiger partial charge in [-0.3, -0.25) is 0 Å². The summed E-state index contributed by atoms with van der Waals surface area (Å²) in [5.41, 5.74) is 0.506. The second-order valence-corrected chi connectivity index (χ2v) is 4.11. The first-order valence-electron chi connectivity index (χ1n) is 6.24. The molecule has 17 heavy (non-hydrogen) atoms. The molecule has 0 spiro atoms. The monoisotopic (exact) mass is 244 g/mol. The van der Waals surface area contributed by atoms with Crippen molar-refractivity contribution >= 4 is 5.97 Å². The third kappa shape index (κ3) is 8.89. The van der Waals surface area contributed by atoms with E-state index in [-0.39, 0.29) is 6.61 Å². The van der Waals surface area contributed by atoms with Crippen molar-refractivity contribution in [1.82, 2.24) is 0 Å². The number of hydrogen-bond donors (Lipinski definition) is 2.